The van der Waals surface area contributed by atoms with Crippen molar-refractivity contribution in [1.82, 2.24) is 0 Å². The molecule has 0 aliphatic carbocycles. The topological polar surface area (TPSA) is 55.8 Å². The predicted molar refractivity (Wildman–Crippen MR) is 56.1 cm³/mol. The van der Waals surface area contributed by atoms with Crippen LogP contribution in [0.3, 0.4) is 0 Å². The summed E-state index contributed by atoms with van der Waals surface area (Å²) < 4.78 is 9.66. The molecule has 0 aliphatic rings. The van der Waals surface area contributed by atoms with E-state index in [1.807, 2.05) is 6.92 Å². The van der Waals surface area contributed by atoms with Gasteiger partial charge in [-0.1, -0.05) is 6.92 Å². The van der Waals surface area contributed by atoms with Gasteiger partial charge in [0.25, 0.3) is 0 Å². The van der Waals surface area contributed by atoms with Gasteiger partial charge in [-0.3, -0.25) is 0 Å². The number of carbonyl (C=O) groups is 1. The molecule has 0 saturated carbocycles. The van der Waals surface area contributed by atoms with Crippen LogP contribution in [0.5, 0.6) is 0 Å². The number of hydrogen-bond acceptors (Lipinski definition) is 5. The summed E-state index contributed by atoms with van der Waals surface area (Å²) in [7, 11) is 0. The Hall–Kier alpha value is -0.680. The second-order valence-corrected chi connectivity index (χ2v) is 3.30. The molecule has 0 aromatic rings. The first-order valence-corrected chi connectivity index (χ1v) is 4.94. The first-order valence-electron chi connectivity index (χ1n) is 4.53. The molecule has 1 unspecified atom stereocenters. The summed E-state index contributed by atoms with van der Waals surface area (Å²) in [6, 6.07) is 0. The van der Waals surface area contributed by atoms with Crippen LogP contribution in [0.1, 0.15) is 27.2 Å². The number of rotatable bonds is 5. The second kappa shape index (κ2) is 5.93. The quantitative estimate of drug-likeness (QED) is 0.554. The lowest BCUT2D eigenvalue weighted by Gasteiger charge is -2.21. The van der Waals surface area contributed by atoms with Crippen LogP contribution in [-0.4, -0.2) is 34.9 Å². The van der Waals surface area contributed by atoms with Crippen molar-refractivity contribution >= 4 is 23.2 Å². The molecule has 0 heterocycles. The molecule has 0 fully saturated rings. The summed E-state index contributed by atoms with van der Waals surface area (Å²) in [5, 5.41) is 9.53. The van der Waals surface area contributed by atoms with Gasteiger partial charge in [-0.25, -0.2) is 4.79 Å². The molecule has 0 amide bonds. The number of carbonyl (C=O) groups excluding carboxylic acids is 1. The molecule has 4 nitrogen and oxygen atoms in total. The minimum absolute atomic E-state index is 0.141. The van der Waals surface area contributed by atoms with E-state index < -0.39 is 11.6 Å². The van der Waals surface area contributed by atoms with E-state index in [1.54, 1.807) is 6.92 Å². The van der Waals surface area contributed by atoms with Gasteiger partial charge < -0.3 is 14.6 Å². The van der Waals surface area contributed by atoms with E-state index in [2.05, 4.69) is 4.74 Å². The Kier molecular flexibility index (Phi) is 5.64. The van der Waals surface area contributed by atoms with Gasteiger partial charge >= 0.3 is 5.97 Å². The van der Waals surface area contributed by atoms with Crippen LogP contribution in [0, 0.1) is 0 Å². The summed E-state index contributed by atoms with van der Waals surface area (Å²) in [6.07, 6.45) is 0.763. The van der Waals surface area contributed by atoms with E-state index in [9.17, 15) is 9.90 Å². The highest BCUT2D eigenvalue weighted by Crippen LogP contribution is 2.11. The van der Waals surface area contributed by atoms with Crippen molar-refractivity contribution in [3.63, 3.8) is 0 Å². The van der Waals surface area contributed by atoms with Gasteiger partial charge in [0.05, 0.1) is 13.2 Å². The Bertz CT molecular complexity index is 213. The molecule has 1 N–H and O–H groups in total. The SMILES string of the molecule is CCCOC(=S)C(C)(O)C(=O)OCC. The van der Waals surface area contributed by atoms with Gasteiger partial charge in [0.2, 0.25) is 10.7 Å². The van der Waals surface area contributed by atoms with Crippen molar-refractivity contribution in [2.75, 3.05) is 13.2 Å². The fourth-order valence-electron chi connectivity index (χ4n) is 0.690. The Balaban J connectivity index is 4.28. The standard InChI is InChI=1S/C9H16O4S/c1-4-6-13-8(14)9(3,11)7(10)12-5-2/h11H,4-6H2,1-3H3. The molecule has 0 radical (unpaired) electrons. The van der Waals surface area contributed by atoms with Gasteiger partial charge in [0.1, 0.15) is 0 Å². The third-order valence-corrected chi connectivity index (χ3v) is 2.02. The largest absolute Gasteiger partial charge is 0.484 e. The first-order chi connectivity index (χ1) is 6.46. The molecule has 0 spiro atoms. The highest BCUT2D eigenvalue weighted by Gasteiger charge is 2.38. The Labute approximate surface area is 89.2 Å². The molecular weight excluding hydrogens is 204 g/mol. The van der Waals surface area contributed by atoms with Crippen molar-refractivity contribution in [2.45, 2.75) is 32.8 Å². The molecule has 1 atom stereocenters. The van der Waals surface area contributed by atoms with Crippen molar-refractivity contribution in [1.29, 1.82) is 0 Å². The van der Waals surface area contributed by atoms with E-state index in [4.69, 9.17) is 17.0 Å². The van der Waals surface area contributed by atoms with Gasteiger partial charge in [-0.05, 0) is 32.5 Å². The first kappa shape index (κ1) is 13.3. The van der Waals surface area contributed by atoms with Crippen molar-refractivity contribution in [3.8, 4) is 0 Å². The number of aliphatic hydroxyl groups is 1. The number of ether oxygens (including phenoxy) is 2. The molecule has 82 valence electrons. The molecule has 0 aliphatic heterocycles. The number of thiocarbonyl (C=S) groups is 1. The fraction of sp³-hybridized carbons (Fsp3) is 0.778. The van der Waals surface area contributed by atoms with Crippen molar-refractivity contribution < 1.29 is 19.4 Å². The van der Waals surface area contributed by atoms with E-state index >= 15 is 0 Å². The molecule has 14 heavy (non-hydrogen) atoms. The summed E-state index contributed by atoms with van der Waals surface area (Å²) in [6.45, 7) is 5.41. The average Bonchev–Trinajstić information content (AvgIpc) is 2.14. The van der Waals surface area contributed by atoms with Crippen LogP contribution >= 0.6 is 12.2 Å². The lowest BCUT2D eigenvalue weighted by atomic mass is 10.1. The monoisotopic (exact) mass is 220 g/mol. The van der Waals surface area contributed by atoms with Crippen LogP contribution in [-0.2, 0) is 14.3 Å². The molecule has 5 heteroatoms. The molecule has 0 saturated heterocycles. The Morgan fingerprint density at radius 3 is 2.43 bits per heavy atom. The van der Waals surface area contributed by atoms with E-state index in [1.165, 1.54) is 6.92 Å². The van der Waals surface area contributed by atoms with E-state index in [-0.39, 0.29) is 11.7 Å². The van der Waals surface area contributed by atoms with Gasteiger partial charge in [-0.15, -0.1) is 0 Å². The fourth-order valence-corrected chi connectivity index (χ4v) is 0.857. The highest BCUT2D eigenvalue weighted by molar-refractivity contribution is 7.80. The molecule has 0 aromatic carbocycles. The van der Waals surface area contributed by atoms with Gasteiger partial charge in [0.15, 0.2) is 0 Å². The van der Waals surface area contributed by atoms with Crippen LogP contribution in [0.15, 0.2) is 0 Å². The predicted octanol–water partition coefficient (Wildman–Crippen LogP) is 1.05. The summed E-state index contributed by atoms with van der Waals surface area (Å²) in [5.74, 6) is -0.777. The maximum atomic E-state index is 11.2. The van der Waals surface area contributed by atoms with Gasteiger partial charge in [-0.2, -0.15) is 0 Å². The lowest BCUT2D eigenvalue weighted by molar-refractivity contribution is -0.157. The zero-order chi connectivity index (χ0) is 11.2. The van der Waals surface area contributed by atoms with Crippen LogP contribution in [0.25, 0.3) is 0 Å². The molecule has 0 bridgehead atoms. The molecule has 0 rings (SSSR count). The zero-order valence-electron chi connectivity index (χ0n) is 8.70. The normalized spacial score (nSPS) is 14.3. The third kappa shape index (κ3) is 3.59. The van der Waals surface area contributed by atoms with Crippen LogP contribution < -0.4 is 0 Å². The van der Waals surface area contributed by atoms with Crippen LogP contribution in [0.4, 0.5) is 0 Å². The minimum atomic E-state index is -1.83. The maximum absolute atomic E-state index is 11.2. The third-order valence-electron chi connectivity index (χ3n) is 1.51. The lowest BCUT2D eigenvalue weighted by Crippen LogP contribution is -2.45. The minimum Gasteiger partial charge on any atom is -0.484 e. The highest BCUT2D eigenvalue weighted by atomic mass is 32.1. The van der Waals surface area contributed by atoms with Gasteiger partial charge in [0, 0.05) is 0 Å². The van der Waals surface area contributed by atoms with E-state index in [0.717, 1.165) is 6.42 Å². The molecule has 0 aromatic heterocycles. The molecular formula is C9H16O4S. The van der Waals surface area contributed by atoms with Crippen LogP contribution in [0.2, 0.25) is 0 Å². The summed E-state index contributed by atoms with van der Waals surface area (Å²) in [5.41, 5.74) is -1.83. The zero-order valence-corrected chi connectivity index (χ0v) is 9.52. The van der Waals surface area contributed by atoms with Crippen molar-refractivity contribution in [2.24, 2.45) is 0 Å². The van der Waals surface area contributed by atoms with E-state index in [0.29, 0.717) is 6.61 Å². The Morgan fingerprint density at radius 2 is 2.00 bits per heavy atom. The second-order valence-electron chi connectivity index (χ2n) is 2.93. The number of hydrogen-bond donors (Lipinski definition) is 1. The maximum Gasteiger partial charge on any atom is 0.346 e. The summed E-state index contributed by atoms with van der Waals surface area (Å²) >= 11 is 4.77. The Morgan fingerprint density at radius 1 is 1.43 bits per heavy atom. The smallest absolute Gasteiger partial charge is 0.346 e. The van der Waals surface area contributed by atoms with Crippen molar-refractivity contribution in [3.05, 3.63) is 0 Å². The summed E-state index contributed by atoms with van der Waals surface area (Å²) in [4.78, 5) is 11.2. The number of esters is 1. The average molecular weight is 220 g/mol.